The van der Waals surface area contributed by atoms with Gasteiger partial charge in [0.15, 0.2) is 0 Å². The fraction of sp³-hybridized carbons (Fsp3) is 0.688. The highest BCUT2D eigenvalue weighted by Crippen LogP contribution is 2.28. The molecule has 0 saturated carbocycles. The highest BCUT2D eigenvalue weighted by molar-refractivity contribution is 7.07. The van der Waals surface area contributed by atoms with Crippen LogP contribution in [0.5, 0.6) is 0 Å². The van der Waals surface area contributed by atoms with Crippen LogP contribution >= 0.6 is 11.3 Å². The van der Waals surface area contributed by atoms with E-state index in [1.54, 1.807) is 11.3 Å². The minimum atomic E-state index is -0.00536. The van der Waals surface area contributed by atoms with Crippen molar-refractivity contribution in [1.29, 1.82) is 0 Å². The fourth-order valence-electron chi connectivity index (χ4n) is 2.80. The first-order valence-electron chi connectivity index (χ1n) is 7.86. The molecule has 1 aromatic rings. The number of carbonyl (C=O) groups is 1. The maximum atomic E-state index is 12.6. The Kier molecular flexibility index (Phi) is 6.21. The lowest BCUT2D eigenvalue weighted by molar-refractivity contribution is -0.130. The Morgan fingerprint density at radius 3 is 2.81 bits per heavy atom. The van der Waals surface area contributed by atoms with Crippen molar-refractivity contribution in [1.82, 2.24) is 15.1 Å². The number of amides is 1. The van der Waals surface area contributed by atoms with Crippen LogP contribution in [0.4, 0.5) is 0 Å². The van der Waals surface area contributed by atoms with Gasteiger partial charge in [-0.05, 0) is 55.9 Å². The molecule has 2 rings (SSSR count). The van der Waals surface area contributed by atoms with Gasteiger partial charge >= 0.3 is 0 Å². The van der Waals surface area contributed by atoms with Crippen LogP contribution < -0.4 is 5.32 Å². The number of carbonyl (C=O) groups excluding carboxylic acids is 1. The third kappa shape index (κ3) is 4.28. The van der Waals surface area contributed by atoms with Gasteiger partial charge in [-0.1, -0.05) is 19.8 Å². The maximum absolute atomic E-state index is 12.6. The van der Waals surface area contributed by atoms with Crippen molar-refractivity contribution < 1.29 is 4.79 Å². The second-order valence-corrected chi connectivity index (χ2v) is 6.79. The number of nitrogens with one attached hydrogen (secondary N) is 1. The normalized spacial score (nSPS) is 22.5. The second-order valence-electron chi connectivity index (χ2n) is 6.01. The van der Waals surface area contributed by atoms with E-state index < -0.39 is 0 Å². The van der Waals surface area contributed by atoms with E-state index in [2.05, 4.69) is 48.1 Å². The molecular formula is C16H27N3OS. The van der Waals surface area contributed by atoms with Crippen LogP contribution in [0.1, 0.15) is 44.3 Å². The van der Waals surface area contributed by atoms with Crippen molar-refractivity contribution in [3.63, 3.8) is 0 Å². The summed E-state index contributed by atoms with van der Waals surface area (Å²) in [7, 11) is 4.15. The smallest absolute Gasteiger partial charge is 0.241 e. The molecule has 0 bridgehead atoms. The molecule has 1 aliphatic heterocycles. The number of unbranched alkanes of at least 4 members (excludes halogenated alkanes) is 1. The highest BCUT2D eigenvalue weighted by atomic mass is 32.1. The molecule has 21 heavy (non-hydrogen) atoms. The molecule has 0 spiro atoms. The first kappa shape index (κ1) is 16.5. The van der Waals surface area contributed by atoms with Crippen molar-refractivity contribution in [3.8, 4) is 0 Å². The summed E-state index contributed by atoms with van der Waals surface area (Å²) >= 11 is 1.69. The van der Waals surface area contributed by atoms with E-state index in [9.17, 15) is 4.79 Å². The van der Waals surface area contributed by atoms with Crippen molar-refractivity contribution in [2.75, 3.05) is 27.2 Å². The summed E-state index contributed by atoms with van der Waals surface area (Å²) < 4.78 is 0. The lowest BCUT2D eigenvalue weighted by atomic mass is 10.1. The van der Waals surface area contributed by atoms with Gasteiger partial charge in [0.25, 0.3) is 0 Å². The van der Waals surface area contributed by atoms with Crippen LogP contribution in [0.3, 0.4) is 0 Å². The maximum Gasteiger partial charge on any atom is 0.241 e. The van der Waals surface area contributed by atoms with Crippen LogP contribution in [-0.4, -0.2) is 48.9 Å². The van der Waals surface area contributed by atoms with Crippen LogP contribution in [-0.2, 0) is 4.79 Å². The Labute approximate surface area is 132 Å². The zero-order valence-corrected chi connectivity index (χ0v) is 14.2. The molecular weight excluding hydrogens is 282 g/mol. The van der Waals surface area contributed by atoms with E-state index >= 15 is 0 Å². The molecule has 4 nitrogen and oxygen atoms in total. The van der Waals surface area contributed by atoms with E-state index in [0.29, 0.717) is 0 Å². The standard InChI is InChI=1S/C16H27N3OS/c1-4-5-7-14-16(20)19(10-6-9-18(2)3)15(17-14)13-8-11-21-12-13/h8,11-12,14-15,17H,4-7,9-10H2,1-3H3. The first-order chi connectivity index (χ1) is 10.1. The molecule has 1 saturated heterocycles. The van der Waals surface area contributed by atoms with E-state index in [4.69, 9.17) is 0 Å². The molecule has 1 fully saturated rings. The van der Waals surface area contributed by atoms with E-state index in [1.165, 1.54) is 5.56 Å². The topological polar surface area (TPSA) is 35.6 Å². The van der Waals surface area contributed by atoms with Crippen LogP contribution in [0.15, 0.2) is 16.8 Å². The van der Waals surface area contributed by atoms with Crippen molar-refractivity contribution in [2.45, 2.75) is 44.8 Å². The summed E-state index contributed by atoms with van der Waals surface area (Å²) in [6.45, 7) is 4.01. The Morgan fingerprint density at radius 2 is 2.19 bits per heavy atom. The number of thiophene rings is 1. The summed E-state index contributed by atoms with van der Waals surface area (Å²) in [5, 5.41) is 7.76. The minimum Gasteiger partial charge on any atom is -0.321 e. The summed E-state index contributed by atoms with van der Waals surface area (Å²) in [5.74, 6) is 0.276. The fourth-order valence-corrected chi connectivity index (χ4v) is 3.48. The SMILES string of the molecule is CCCCC1NC(c2ccsc2)N(CCCN(C)C)C1=O. The minimum absolute atomic E-state index is 0.00536. The molecule has 1 N–H and O–H groups in total. The van der Waals surface area contributed by atoms with E-state index in [1.807, 2.05) is 4.90 Å². The molecule has 2 heterocycles. The van der Waals surface area contributed by atoms with Gasteiger partial charge in [0.1, 0.15) is 6.17 Å². The molecule has 1 aromatic heterocycles. The average Bonchev–Trinajstić information content (AvgIpc) is 3.06. The zero-order chi connectivity index (χ0) is 15.2. The van der Waals surface area contributed by atoms with Gasteiger partial charge < -0.3 is 9.80 Å². The number of hydrogen-bond acceptors (Lipinski definition) is 4. The molecule has 118 valence electrons. The Hall–Kier alpha value is -0.910. The number of nitrogens with zero attached hydrogens (tertiary/aromatic N) is 2. The monoisotopic (exact) mass is 309 g/mol. The summed E-state index contributed by atoms with van der Waals surface area (Å²) in [5.41, 5.74) is 1.22. The Balaban J connectivity index is 2.03. The third-order valence-corrected chi connectivity index (χ3v) is 4.66. The third-order valence-electron chi connectivity index (χ3n) is 3.96. The predicted molar refractivity (Wildman–Crippen MR) is 88.4 cm³/mol. The van der Waals surface area contributed by atoms with Gasteiger partial charge in [-0.25, -0.2) is 0 Å². The largest absolute Gasteiger partial charge is 0.321 e. The lowest BCUT2D eigenvalue weighted by Crippen LogP contribution is -2.33. The summed E-state index contributed by atoms with van der Waals surface area (Å²) in [6.07, 6.45) is 4.26. The van der Waals surface area contributed by atoms with Gasteiger partial charge in [-0.2, -0.15) is 11.3 Å². The number of hydrogen-bond donors (Lipinski definition) is 1. The van der Waals surface area contributed by atoms with Crippen LogP contribution in [0.25, 0.3) is 0 Å². The molecule has 5 heteroatoms. The van der Waals surface area contributed by atoms with Gasteiger partial charge in [0, 0.05) is 6.54 Å². The van der Waals surface area contributed by atoms with Crippen molar-refractivity contribution in [2.24, 2.45) is 0 Å². The van der Waals surface area contributed by atoms with Gasteiger partial charge in [-0.15, -0.1) is 0 Å². The second kappa shape index (κ2) is 7.92. The van der Waals surface area contributed by atoms with Gasteiger partial charge in [-0.3, -0.25) is 10.1 Å². The summed E-state index contributed by atoms with van der Waals surface area (Å²) in [6, 6.07) is 2.12. The summed E-state index contributed by atoms with van der Waals surface area (Å²) in [4.78, 5) is 16.8. The van der Waals surface area contributed by atoms with Crippen LogP contribution in [0, 0.1) is 0 Å². The van der Waals surface area contributed by atoms with Crippen LogP contribution in [0.2, 0.25) is 0 Å². The molecule has 1 aliphatic rings. The Morgan fingerprint density at radius 1 is 1.38 bits per heavy atom. The molecule has 0 radical (unpaired) electrons. The number of rotatable bonds is 8. The first-order valence-corrected chi connectivity index (χ1v) is 8.81. The van der Waals surface area contributed by atoms with Gasteiger partial charge in [0.2, 0.25) is 5.91 Å². The zero-order valence-electron chi connectivity index (χ0n) is 13.3. The molecule has 1 amide bonds. The van der Waals surface area contributed by atoms with E-state index in [-0.39, 0.29) is 18.1 Å². The van der Waals surface area contributed by atoms with E-state index in [0.717, 1.165) is 38.8 Å². The highest BCUT2D eigenvalue weighted by Gasteiger charge is 2.38. The molecule has 0 aromatic carbocycles. The molecule has 2 atom stereocenters. The predicted octanol–water partition coefficient (Wildman–Crippen LogP) is 2.69. The average molecular weight is 309 g/mol. The van der Waals surface area contributed by atoms with Crippen molar-refractivity contribution in [3.05, 3.63) is 22.4 Å². The molecule has 0 aliphatic carbocycles. The van der Waals surface area contributed by atoms with Gasteiger partial charge in [0.05, 0.1) is 6.04 Å². The van der Waals surface area contributed by atoms with Crippen molar-refractivity contribution >= 4 is 17.2 Å². The molecule has 2 unspecified atom stereocenters. The quantitative estimate of drug-likeness (QED) is 0.802. The Bertz CT molecular complexity index is 433. The lowest BCUT2D eigenvalue weighted by Gasteiger charge is -2.24.